The van der Waals surface area contributed by atoms with Crippen molar-refractivity contribution in [2.24, 2.45) is 0 Å². The zero-order valence-electron chi connectivity index (χ0n) is 11.6. The normalized spacial score (nSPS) is 14.1. The van der Waals surface area contributed by atoms with Gasteiger partial charge < -0.3 is 14.7 Å². The summed E-state index contributed by atoms with van der Waals surface area (Å²) in [6, 6.07) is 5.12. The van der Waals surface area contributed by atoms with Crippen LogP contribution in [0.1, 0.15) is 30.9 Å². The Hall–Kier alpha value is -2.04. The van der Waals surface area contributed by atoms with Gasteiger partial charge in [0, 0.05) is 19.5 Å². The fourth-order valence-electron chi connectivity index (χ4n) is 2.35. The molecule has 2 rings (SSSR count). The molecule has 0 fully saturated rings. The Morgan fingerprint density at radius 3 is 2.95 bits per heavy atom. The van der Waals surface area contributed by atoms with Crippen LogP contribution in [0.15, 0.2) is 18.2 Å². The number of esters is 1. The van der Waals surface area contributed by atoms with Crippen LogP contribution >= 0.6 is 0 Å². The first-order chi connectivity index (χ1) is 9.60. The first-order valence-corrected chi connectivity index (χ1v) is 6.84. The molecule has 1 aliphatic rings. The summed E-state index contributed by atoms with van der Waals surface area (Å²) in [6.07, 6.45) is 1.25. The second-order valence-electron chi connectivity index (χ2n) is 4.85. The minimum Gasteiger partial charge on any atom is -0.508 e. The zero-order chi connectivity index (χ0) is 14.5. The molecule has 0 aliphatic carbocycles. The summed E-state index contributed by atoms with van der Waals surface area (Å²) in [4.78, 5) is 25.0. The van der Waals surface area contributed by atoms with Crippen LogP contribution in [0.3, 0.4) is 0 Å². The van der Waals surface area contributed by atoms with E-state index >= 15 is 0 Å². The topological polar surface area (TPSA) is 66.8 Å². The number of benzene rings is 1. The molecule has 1 amide bonds. The molecule has 0 spiro atoms. The molecule has 1 aliphatic heterocycles. The Bertz CT molecular complexity index is 513. The number of carbonyl (C=O) groups excluding carboxylic acids is 2. The van der Waals surface area contributed by atoms with Gasteiger partial charge in [-0.05, 0) is 36.6 Å². The van der Waals surface area contributed by atoms with E-state index in [0.717, 1.165) is 11.1 Å². The Kier molecular flexibility index (Phi) is 4.61. The van der Waals surface area contributed by atoms with Crippen molar-refractivity contribution in [2.75, 3.05) is 13.2 Å². The molecule has 20 heavy (non-hydrogen) atoms. The average molecular weight is 277 g/mol. The number of hydrogen-bond acceptors (Lipinski definition) is 4. The monoisotopic (exact) mass is 277 g/mol. The molecule has 0 saturated carbocycles. The summed E-state index contributed by atoms with van der Waals surface area (Å²) in [7, 11) is 0. The van der Waals surface area contributed by atoms with Gasteiger partial charge in [0.25, 0.3) is 0 Å². The fraction of sp³-hybridized carbons (Fsp3) is 0.467. The number of fused-ring (bicyclic) bond motifs is 1. The van der Waals surface area contributed by atoms with Crippen molar-refractivity contribution in [1.29, 1.82) is 0 Å². The van der Waals surface area contributed by atoms with Crippen molar-refractivity contribution in [2.45, 2.75) is 32.7 Å². The van der Waals surface area contributed by atoms with Gasteiger partial charge in [0.1, 0.15) is 5.75 Å². The SMILES string of the molecule is CCOC(=O)CCCN1Cc2ccc(O)cc2CC1=O. The van der Waals surface area contributed by atoms with E-state index in [-0.39, 0.29) is 17.6 Å². The van der Waals surface area contributed by atoms with Crippen molar-refractivity contribution < 1.29 is 19.4 Å². The minimum absolute atomic E-state index is 0.0342. The molecule has 108 valence electrons. The van der Waals surface area contributed by atoms with E-state index in [9.17, 15) is 14.7 Å². The third kappa shape index (κ3) is 3.50. The standard InChI is InChI=1S/C15H19NO4/c1-2-20-15(19)4-3-7-16-10-11-5-6-13(17)8-12(11)9-14(16)18/h5-6,8,17H,2-4,7,9-10H2,1H3. The van der Waals surface area contributed by atoms with E-state index in [1.807, 2.05) is 6.07 Å². The molecule has 1 N–H and O–H groups in total. The molecule has 5 nitrogen and oxygen atoms in total. The van der Waals surface area contributed by atoms with Crippen LogP contribution in [0, 0.1) is 0 Å². The number of phenolic OH excluding ortho intramolecular Hbond substituents is 1. The van der Waals surface area contributed by atoms with E-state index in [2.05, 4.69) is 0 Å². The first kappa shape index (κ1) is 14.4. The number of aromatic hydroxyl groups is 1. The van der Waals surface area contributed by atoms with Gasteiger partial charge in [-0.25, -0.2) is 0 Å². The van der Waals surface area contributed by atoms with Gasteiger partial charge in [0.2, 0.25) is 5.91 Å². The van der Waals surface area contributed by atoms with E-state index in [0.29, 0.717) is 39.0 Å². The molecule has 0 aromatic heterocycles. The number of phenols is 1. The van der Waals surface area contributed by atoms with Crippen molar-refractivity contribution in [1.82, 2.24) is 4.90 Å². The van der Waals surface area contributed by atoms with Gasteiger partial charge in [-0.3, -0.25) is 9.59 Å². The van der Waals surface area contributed by atoms with Crippen molar-refractivity contribution >= 4 is 11.9 Å². The van der Waals surface area contributed by atoms with Crippen LogP contribution in [0.5, 0.6) is 5.75 Å². The Balaban J connectivity index is 1.89. The summed E-state index contributed by atoms with van der Waals surface area (Å²) in [6.45, 7) is 3.26. The highest BCUT2D eigenvalue weighted by molar-refractivity contribution is 5.81. The molecular formula is C15H19NO4. The second kappa shape index (κ2) is 6.41. The number of ether oxygens (including phenoxy) is 1. The summed E-state index contributed by atoms with van der Waals surface area (Å²) < 4.78 is 4.86. The van der Waals surface area contributed by atoms with Gasteiger partial charge in [0.05, 0.1) is 13.0 Å². The highest BCUT2D eigenvalue weighted by Gasteiger charge is 2.22. The zero-order valence-corrected chi connectivity index (χ0v) is 11.6. The molecule has 0 saturated heterocycles. The maximum Gasteiger partial charge on any atom is 0.305 e. The molecule has 5 heteroatoms. The lowest BCUT2D eigenvalue weighted by Gasteiger charge is -2.28. The molecular weight excluding hydrogens is 258 g/mol. The number of hydrogen-bond donors (Lipinski definition) is 1. The third-order valence-electron chi connectivity index (χ3n) is 3.36. The van der Waals surface area contributed by atoms with E-state index < -0.39 is 0 Å². The number of nitrogens with zero attached hydrogens (tertiary/aromatic N) is 1. The van der Waals surface area contributed by atoms with Crippen LogP contribution in [0.25, 0.3) is 0 Å². The predicted molar refractivity (Wildman–Crippen MR) is 73.1 cm³/mol. The van der Waals surface area contributed by atoms with Crippen LogP contribution < -0.4 is 0 Å². The Morgan fingerprint density at radius 2 is 2.20 bits per heavy atom. The molecule has 0 unspecified atom stereocenters. The van der Waals surface area contributed by atoms with Crippen LogP contribution in [-0.2, 0) is 27.3 Å². The van der Waals surface area contributed by atoms with Crippen molar-refractivity contribution in [3.63, 3.8) is 0 Å². The molecule has 1 aromatic carbocycles. The Morgan fingerprint density at radius 1 is 1.40 bits per heavy atom. The van der Waals surface area contributed by atoms with Gasteiger partial charge in [0.15, 0.2) is 0 Å². The largest absolute Gasteiger partial charge is 0.508 e. The lowest BCUT2D eigenvalue weighted by Crippen LogP contribution is -2.37. The minimum atomic E-state index is -0.220. The second-order valence-corrected chi connectivity index (χ2v) is 4.85. The maximum absolute atomic E-state index is 12.0. The quantitative estimate of drug-likeness (QED) is 0.830. The molecule has 0 bridgehead atoms. The van der Waals surface area contributed by atoms with Crippen molar-refractivity contribution in [3.05, 3.63) is 29.3 Å². The van der Waals surface area contributed by atoms with E-state index in [1.165, 1.54) is 0 Å². The lowest BCUT2D eigenvalue weighted by molar-refractivity contribution is -0.143. The molecule has 0 radical (unpaired) electrons. The summed E-state index contributed by atoms with van der Waals surface area (Å²) in [5.41, 5.74) is 1.94. The smallest absolute Gasteiger partial charge is 0.305 e. The highest BCUT2D eigenvalue weighted by atomic mass is 16.5. The van der Waals surface area contributed by atoms with E-state index in [1.54, 1.807) is 24.0 Å². The molecule has 1 heterocycles. The molecule has 1 aromatic rings. The van der Waals surface area contributed by atoms with Crippen LogP contribution in [0.4, 0.5) is 0 Å². The van der Waals surface area contributed by atoms with Gasteiger partial charge in [-0.2, -0.15) is 0 Å². The summed E-state index contributed by atoms with van der Waals surface area (Å²) >= 11 is 0. The van der Waals surface area contributed by atoms with Crippen molar-refractivity contribution in [3.8, 4) is 5.75 Å². The fourth-order valence-corrected chi connectivity index (χ4v) is 2.35. The number of carbonyl (C=O) groups is 2. The summed E-state index contributed by atoms with van der Waals surface area (Å²) in [5.74, 6) is 0.00144. The van der Waals surface area contributed by atoms with E-state index in [4.69, 9.17) is 4.74 Å². The van der Waals surface area contributed by atoms with Gasteiger partial charge in [-0.15, -0.1) is 0 Å². The van der Waals surface area contributed by atoms with Crippen LogP contribution in [0.2, 0.25) is 0 Å². The Labute approximate surface area is 118 Å². The highest BCUT2D eigenvalue weighted by Crippen LogP contribution is 2.23. The molecule has 0 atom stereocenters. The van der Waals surface area contributed by atoms with Gasteiger partial charge >= 0.3 is 5.97 Å². The maximum atomic E-state index is 12.0. The first-order valence-electron chi connectivity index (χ1n) is 6.84. The van der Waals surface area contributed by atoms with Gasteiger partial charge in [-0.1, -0.05) is 6.07 Å². The third-order valence-corrected chi connectivity index (χ3v) is 3.36. The predicted octanol–water partition coefficient (Wildman–Crippen LogP) is 1.62. The number of rotatable bonds is 5. The summed E-state index contributed by atoms with van der Waals surface area (Å²) in [5, 5.41) is 9.42. The average Bonchev–Trinajstić information content (AvgIpc) is 2.40. The van der Waals surface area contributed by atoms with Crippen LogP contribution in [-0.4, -0.2) is 35.0 Å². The lowest BCUT2D eigenvalue weighted by atomic mass is 9.98. The number of amides is 1.